The highest BCUT2D eigenvalue weighted by Crippen LogP contribution is 2.06. The molecule has 0 aliphatic heterocycles. The predicted octanol–water partition coefficient (Wildman–Crippen LogP) is 1.37. The number of carbonyl (C=O) groups excluding carboxylic acids is 2. The fourth-order valence-electron chi connectivity index (χ4n) is 1.32. The molecular formula is C12H17ClN2O3. The first-order chi connectivity index (χ1) is 8.13. The van der Waals surface area contributed by atoms with Gasteiger partial charge in [0.1, 0.15) is 0 Å². The molecule has 0 saturated carbocycles. The number of carbonyl (C=O) groups is 2. The normalized spacial score (nSPS) is 9.17. The van der Waals surface area contributed by atoms with Gasteiger partial charge in [-0.2, -0.15) is 0 Å². The maximum absolute atomic E-state index is 11.6. The smallest absolute Gasteiger partial charge is 0.305 e. The highest BCUT2D eigenvalue weighted by atomic mass is 35.5. The van der Waals surface area contributed by atoms with Crippen LogP contribution in [0.2, 0.25) is 0 Å². The van der Waals surface area contributed by atoms with Gasteiger partial charge in [0, 0.05) is 24.2 Å². The van der Waals surface area contributed by atoms with E-state index >= 15 is 0 Å². The first-order valence-corrected chi connectivity index (χ1v) is 5.34. The summed E-state index contributed by atoms with van der Waals surface area (Å²) in [5, 5.41) is 2.70. The van der Waals surface area contributed by atoms with Gasteiger partial charge in [0.25, 0.3) is 5.91 Å². The van der Waals surface area contributed by atoms with Crippen LogP contribution in [0, 0.1) is 0 Å². The Morgan fingerprint density at radius 1 is 1.39 bits per heavy atom. The third-order valence-corrected chi connectivity index (χ3v) is 2.22. The largest absolute Gasteiger partial charge is 0.469 e. The van der Waals surface area contributed by atoms with E-state index < -0.39 is 0 Å². The number of nitrogens with one attached hydrogen (secondary N) is 1. The molecule has 0 radical (unpaired) electrons. The van der Waals surface area contributed by atoms with Crippen LogP contribution in [0.5, 0.6) is 0 Å². The number of benzene rings is 1. The number of hydrogen-bond donors (Lipinski definition) is 2. The molecule has 0 unspecified atom stereocenters. The summed E-state index contributed by atoms with van der Waals surface area (Å²) in [7, 11) is 1.34. The highest BCUT2D eigenvalue weighted by molar-refractivity contribution is 5.94. The van der Waals surface area contributed by atoms with Crippen molar-refractivity contribution < 1.29 is 14.3 Å². The molecule has 0 bridgehead atoms. The van der Waals surface area contributed by atoms with Crippen molar-refractivity contribution in [3.05, 3.63) is 29.8 Å². The van der Waals surface area contributed by atoms with Crippen LogP contribution in [0.15, 0.2) is 24.3 Å². The third kappa shape index (κ3) is 5.54. The maximum Gasteiger partial charge on any atom is 0.305 e. The van der Waals surface area contributed by atoms with Gasteiger partial charge in [0.2, 0.25) is 0 Å². The standard InChI is InChI=1S/C12H16N2O3.ClH/c1-17-11(15)6-3-7-14-12(16)9-4-2-5-10(13)8-9;/h2,4-5,8H,3,6-7,13H2,1H3,(H,14,16);1H. The van der Waals surface area contributed by atoms with Crippen LogP contribution < -0.4 is 11.1 Å². The molecule has 100 valence electrons. The van der Waals surface area contributed by atoms with Gasteiger partial charge in [-0.05, 0) is 24.6 Å². The lowest BCUT2D eigenvalue weighted by molar-refractivity contribution is -0.140. The van der Waals surface area contributed by atoms with Gasteiger partial charge < -0.3 is 15.8 Å². The summed E-state index contributed by atoms with van der Waals surface area (Å²) in [6.07, 6.45) is 0.856. The lowest BCUT2D eigenvalue weighted by Crippen LogP contribution is -2.25. The second-order valence-corrected chi connectivity index (χ2v) is 3.56. The number of rotatable bonds is 5. The van der Waals surface area contributed by atoms with E-state index in [0.29, 0.717) is 30.6 Å². The van der Waals surface area contributed by atoms with Gasteiger partial charge in [-0.15, -0.1) is 12.4 Å². The Kier molecular flexibility index (Phi) is 7.54. The summed E-state index contributed by atoms with van der Waals surface area (Å²) < 4.78 is 4.49. The number of hydrogen-bond acceptors (Lipinski definition) is 4. The number of nitrogens with two attached hydrogens (primary N) is 1. The van der Waals surface area contributed by atoms with Crippen LogP contribution in [0.4, 0.5) is 5.69 Å². The van der Waals surface area contributed by atoms with Crippen molar-refractivity contribution in [2.45, 2.75) is 12.8 Å². The molecule has 18 heavy (non-hydrogen) atoms. The second-order valence-electron chi connectivity index (χ2n) is 3.56. The molecular weight excluding hydrogens is 256 g/mol. The lowest BCUT2D eigenvalue weighted by Gasteiger charge is -2.05. The van der Waals surface area contributed by atoms with Crippen molar-refractivity contribution in [3.8, 4) is 0 Å². The Hall–Kier alpha value is -1.75. The summed E-state index contributed by atoms with van der Waals surface area (Å²) >= 11 is 0. The summed E-state index contributed by atoms with van der Waals surface area (Å²) in [6.45, 7) is 0.433. The fraction of sp³-hybridized carbons (Fsp3) is 0.333. The van der Waals surface area contributed by atoms with Gasteiger partial charge in [-0.25, -0.2) is 0 Å². The summed E-state index contributed by atoms with van der Waals surface area (Å²) in [5.41, 5.74) is 6.63. The summed E-state index contributed by atoms with van der Waals surface area (Å²) in [6, 6.07) is 6.73. The fourth-order valence-corrected chi connectivity index (χ4v) is 1.32. The van der Waals surface area contributed by atoms with E-state index in [4.69, 9.17) is 5.73 Å². The quantitative estimate of drug-likeness (QED) is 0.482. The summed E-state index contributed by atoms with van der Waals surface area (Å²) in [5.74, 6) is -0.467. The van der Waals surface area contributed by atoms with Crippen molar-refractivity contribution in [2.24, 2.45) is 0 Å². The predicted molar refractivity (Wildman–Crippen MR) is 71.7 cm³/mol. The zero-order chi connectivity index (χ0) is 12.7. The Labute approximate surface area is 112 Å². The topological polar surface area (TPSA) is 81.4 Å². The van der Waals surface area contributed by atoms with Gasteiger partial charge in [-0.3, -0.25) is 9.59 Å². The maximum atomic E-state index is 11.6. The molecule has 0 spiro atoms. The number of anilines is 1. The van der Waals surface area contributed by atoms with Crippen LogP contribution in [0.3, 0.4) is 0 Å². The molecule has 1 aromatic rings. The van der Waals surface area contributed by atoms with Crippen molar-refractivity contribution >= 4 is 30.0 Å². The Morgan fingerprint density at radius 2 is 2.11 bits per heavy atom. The molecule has 0 heterocycles. The molecule has 0 aromatic heterocycles. The van der Waals surface area contributed by atoms with Crippen molar-refractivity contribution in [3.63, 3.8) is 0 Å². The number of amides is 1. The third-order valence-electron chi connectivity index (χ3n) is 2.22. The van der Waals surface area contributed by atoms with Crippen LogP contribution >= 0.6 is 12.4 Å². The molecule has 5 nitrogen and oxygen atoms in total. The molecule has 1 rings (SSSR count). The van der Waals surface area contributed by atoms with E-state index in [-0.39, 0.29) is 24.3 Å². The molecule has 0 aliphatic carbocycles. The van der Waals surface area contributed by atoms with E-state index in [2.05, 4.69) is 10.1 Å². The van der Waals surface area contributed by atoms with Crippen LogP contribution in [0.25, 0.3) is 0 Å². The first kappa shape index (κ1) is 16.2. The van der Waals surface area contributed by atoms with Crippen LogP contribution in [-0.2, 0) is 9.53 Å². The van der Waals surface area contributed by atoms with E-state index in [1.807, 2.05) is 0 Å². The van der Waals surface area contributed by atoms with E-state index in [1.165, 1.54) is 7.11 Å². The number of esters is 1. The van der Waals surface area contributed by atoms with Crippen LogP contribution in [-0.4, -0.2) is 25.5 Å². The number of ether oxygens (including phenoxy) is 1. The average Bonchev–Trinajstić information content (AvgIpc) is 2.34. The first-order valence-electron chi connectivity index (χ1n) is 5.34. The van der Waals surface area contributed by atoms with Gasteiger partial charge >= 0.3 is 5.97 Å². The zero-order valence-electron chi connectivity index (χ0n) is 10.1. The van der Waals surface area contributed by atoms with E-state index in [1.54, 1.807) is 24.3 Å². The van der Waals surface area contributed by atoms with Crippen molar-refractivity contribution in [1.82, 2.24) is 5.32 Å². The number of nitrogen functional groups attached to an aromatic ring is 1. The molecule has 0 atom stereocenters. The van der Waals surface area contributed by atoms with Gasteiger partial charge in [0.15, 0.2) is 0 Å². The Balaban J connectivity index is 0.00000289. The minimum Gasteiger partial charge on any atom is -0.469 e. The van der Waals surface area contributed by atoms with Crippen LogP contribution in [0.1, 0.15) is 23.2 Å². The SMILES string of the molecule is COC(=O)CCCNC(=O)c1cccc(N)c1.Cl. The van der Waals surface area contributed by atoms with Gasteiger partial charge in [0.05, 0.1) is 7.11 Å². The molecule has 0 aliphatic rings. The number of methoxy groups -OCH3 is 1. The minimum atomic E-state index is -0.275. The van der Waals surface area contributed by atoms with Crippen molar-refractivity contribution in [1.29, 1.82) is 0 Å². The monoisotopic (exact) mass is 272 g/mol. The molecule has 0 saturated heterocycles. The lowest BCUT2D eigenvalue weighted by atomic mass is 10.2. The second kappa shape index (κ2) is 8.36. The number of halogens is 1. The van der Waals surface area contributed by atoms with E-state index in [0.717, 1.165) is 0 Å². The Morgan fingerprint density at radius 3 is 2.72 bits per heavy atom. The zero-order valence-corrected chi connectivity index (χ0v) is 11.0. The molecule has 1 amide bonds. The highest BCUT2D eigenvalue weighted by Gasteiger charge is 2.05. The minimum absolute atomic E-state index is 0. The average molecular weight is 273 g/mol. The molecule has 1 aromatic carbocycles. The van der Waals surface area contributed by atoms with Gasteiger partial charge in [-0.1, -0.05) is 6.07 Å². The Bertz CT molecular complexity index is 410. The molecule has 3 N–H and O–H groups in total. The molecule has 0 fully saturated rings. The summed E-state index contributed by atoms with van der Waals surface area (Å²) in [4.78, 5) is 22.4. The van der Waals surface area contributed by atoms with Crippen molar-refractivity contribution in [2.75, 3.05) is 19.4 Å². The van der Waals surface area contributed by atoms with E-state index in [9.17, 15) is 9.59 Å². The molecule has 6 heteroatoms.